The number of amides is 1. The van der Waals surface area contributed by atoms with Gasteiger partial charge in [0.1, 0.15) is 0 Å². The number of halogens is 1. The van der Waals surface area contributed by atoms with E-state index in [4.69, 9.17) is 16.3 Å². The van der Waals surface area contributed by atoms with Gasteiger partial charge in [-0.3, -0.25) is 4.79 Å². The van der Waals surface area contributed by atoms with Crippen molar-refractivity contribution >= 4 is 17.5 Å². The minimum Gasteiger partial charge on any atom is -0.367 e. The van der Waals surface area contributed by atoms with Crippen molar-refractivity contribution in [1.82, 2.24) is 4.90 Å². The summed E-state index contributed by atoms with van der Waals surface area (Å²) < 4.78 is 5.89. The molecule has 19 heavy (non-hydrogen) atoms. The average Bonchev–Trinajstić information content (AvgIpc) is 2.65. The molecule has 1 aliphatic heterocycles. The van der Waals surface area contributed by atoms with E-state index >= 15 is 0 Å². The van der Waals surface area contributed by atoms with Crippen LogP contribution in [0.1, 0.15) is 47.0 Å². The van der Waals surface area contributed by atoms with Crippen molar-refractivity contribution in [2.24, 2.45) is 11.3 Å². The maximum Gasteiger partial charge on any atom is 0.226 e. The lowest BCUT2D eigenvalue weighted by atomic mass is 9.81. The summed E-state index contributed by atoms with van der Waals surface area (Å²) in [6, 6.07) is 0. The molecule has 4 heteroatoms. The van der Waals surface area contributed by atoms with E-state index in [1.165, 1.54) is 0 Å². The molecule has 0 aromatic heterocycles. The molecule has 2 rings (SSSR count). The molecule has 0 radical (unpaired) electrons. The molecule has 1 heterocycles. The molecule has 110 valence electrons. The van der Waals surface area contributed by atoms with Crippen LogP contribution in [0.4, 0.5) is 0 Å². The zero-order valence-corrected chi connectivity index (χ0v) is 13.3. The Morgan fingerprint density at radius 2 is 2.05 bits per heavy atom. The Morgan fingerprint density at radius 1 is 1.37 bits per heavy atom. The molecule has 0 spiro atoms. The highest BCUT2D eigenvalue weighted by atomic mass is 35.5. The number of alkyl halides is 1. The lowest BCUT2D eigenvalue weighted by Crippen LogP contribution is -2.57. The van der Waals surface area contributed by atoms with Gasteiger partial charge in [-0.15, -0.1) is 11.6 Å². The van der Waals surface area contributed by atoms with Crippen LogP contribution in [0.25, 0.3) is 0 Å². The Morgan fingerprint density at radius 3 is 2.58 bits per heavy atom. The number of hydrogen-bond acceptors (Lipinski definition) is 2. The molecular formula is C15H26ClNO2. The van der Waals surface area contributed by atoms with E-state index in [1.54, 1.807) is 0 Å². The minimum atomic E-state index is -0.295. The van der Waals surface area contributed by atoms with Gasteiger partial charge in [-0.25, -0.2) is 0 Å². The van der Waals surface area contributed by atoms with Crippen LogP contribution in [-0.2, 0) is 9.53 Å². The summed E-state index contributed by atoms with van der Waals surface area (Å²) in [6.07, 6.45) is 3.29. The van der Waals surface area contributed by atoms with Gasteiger partial charge in [-0.1, -0.05) is 20.3 Å². The van der Waals surface area contributed by atoms with E-state index in [0.717, 1.165) is 19.3 Å². The van der Waals surface area contributed by atoms with Gasteiger partial charge in [0.2, 0.25) is 5.91 Å². The van der Waals surface area contributed by atoms with Crippen molar-refractivity contribution < 1.29 is 9.53 Å². The third-order valence-electron chi connectivity index (χ3n) is 4.52. The fourth-order valence-electron chi connectivity index (χ4n) is 3.55. The van der Waals surface area contributed by atoms with Gasteiger partial charge in [-0.2, -0.15) is 0 Å². The number of carbonyl (C=O) groups excluding carboxylic acids is 1. The summed E-state index contributed by atoms with van der Waals surface area (Å²) >= 11 is 5.93. The van der Waals surface area contributed by atoms with Crippen LogP contribution in [0.5, 0.6) is 0 Å². The highest BCUT2D eigenvalue weighted by Crippen LogP contribution is 2.44. The maximum absolute atomic E-state index is 12.8. The van der Waals surface area contributed by atoms with Crippen LogP contribution in [0.15, 0.2) is 0 Å². The molecule has 2 unspecified atom stereocenters. The predicted molar refractivity (Wildman–Crippen MR) is 77.4 cm³/mol. The third-order valence-corrected chi connectivity index (χ3v) is 4.86. The van der Waals surface area contributed by atoms with E-state index in [-0.39, 0.29) is 23.0 Å². The predicted octanol–water partition coefficient (Wildman–Crippen LogP) is 3.06. The Labute approximate surface area is 121 Å². The van der Waals surface area contributed by atoms with Gasteiger partial charge in [0.15, 0.2) is 0 Å². The number of nitrogens with zero attached hydrogens (tertiary/aromatic N) is 1. The van der Waals surface area contributed by atoms with Gasteiger partial charge in [0, 0.05) is 19.0 Å². The number of hydrogen-bond donors (Lipinski definition) is 0. The second-order valence-electron chi connectivity index (χ2n) is 7.31. The van der Waals surface area contributed by atoms with Crippen molar-refractivity contribution in [3.63, 3.8) is 0 Å². The van der Waals surface area contributed by atoms with E-state index in [9.17, 15) is 4.79 Å². The van der Waals surface area contributed by atoms with Crippen molar-refractivity contribution in [2.75, 3.05) is 19.0 Å². The number of carbonyl (C=O) groups is 1. The summed E-state index contributed by atoms with van der Waals surface area (Å²) in [7, 11) is 0. The van der Waals surface area contributed by atoms with E-state index < -0.39 is 0 Å². The smallest absolute Gasteiger partial charge is 0.226 e. The molecule has 0 aromatic rings. The van der Waals surface area contributed by atoms with E-state index in [1.807, 2.05) is 18.7 Å². The summed E-state index contributed by atoms with van der Waals surface area (Å²) in [4.78, 5) is 14.8. The SMILES string of the molecule is CC1(C)CN(C(=O)C2CCCC2(C)C)CC(CCl)O1. The fraction of sp³-hybridized carbons (Fsp3) is 0.933. The summed E-state index contributed by atoms with van der Waals surface area (Å²) in [6.45, 7) is 9.81. The van der Waals surface area contributed by atoms with Crippen LogP contribution in [0.3, 0.4) is 0 Å². The fourth-order valence-corrected chi connectivity index (χ4v) is 3.71. The molecule has 0 bridgehead atoms. The monoisotopic (exact) mass is 287 g/mol. The van der Waals surface area contributed by atoms with Crippen LogP contribution in [0.2, 0.25) is 0 Å². The Hall–Kier alpha value is -0.280. The first-order chi connectivity index (χ1) is 8.75. The summed E-state index contributed by atoms with van der Waals surface area (Å²) in [5, 5.41) is 0. The first-order valence-corrected chi connectivity index (χ1v) is 7.81. The molecule has 1 saturated heterocycles. The van der Waals surface area contributed by atoms with Crippen molar-refractivity contribution in [2.45, 2.75) is 58.7 Å². The van der Waals surface area contributed by atoms with Gasteiger partial charge in [-0.05, 0) is 32.1 Å². The topological polar surface area (TPSA) is 29.5 Å². The van der Waals surface area contributed by atoms with Crippen LogP contribution in [-0.4, -0.2) is 41.5 Å². The first kappa shape index (κ1) is 15.1. The van der Waals surface area contributed by atoms with Crippen LogP contribution >= 0.6 is 11.6 Å². The van der Waals surface area contributed by atoms with Crippen molar-refractivity contribution in [3.8, 4) is 0 Å². The number of morpholine rings is 1. The minimum absolute atomic E-state index is 0.0427. The second-order valence-corrected chi connectivity index (χ2v) is 7.61. The molecule has 1 aliphatic carbocycles. The average molecular weight is 288 g/mol. The molecule has 0 N–H and O–H groups in total. The second kappa shape index (κ2) is 5.25. The highest BCUT2D eigenvalue weighted by molar-refractivity contribution is 6.18. The van der Waals surface area contributed by atoms with Gasteiger partial charge < -0.3 is 9.64 Å². The third kappa shape index (κ3) is 3.25. The molecule has 1 amide bonds. The van der Waals surface area contributed by atoms with E-state index in [0.29, 0.717) is 24.9 Å². The van der Waals surface area contributed by atoms with Crippen molar-refractivity contribution in [1.29, 1.82) is 0 Å². The zero-order valence-electron chi connectivity index (χ0n) is 12.5. The van der Waals surface area contributed by atoms with Crippen LogP contribution < -0.4 is 0 Å². The van der Waals surface area contributed by atoms with Crippen LogP contribution in [0, 0.1) is 11.3 Å². The van der Waals surface area contributed by atoms with Gasteiger partial charge >= 0.3 is 0 Å². The van der Waals surface area contributed by atoms with E-state index in [2.05, 4.69) is 13.8 Å². The standard InChI is InChI=1S/C15H26ClNO2/c1-14(2)7-5-6-12(14)13(18)17-9-11(8-16)19-15(3,4)10-17/h11-12H,5-10H2,1-4H3. The Balaban J connectivity index is 2.10. The molecule has 2 aliphatic rings. The Kier molecular flexibility index (Phi) is 4.18. The first-order valence-electron chi connectivity index (χ1n) is 7.28. The quantitative estimate of drug-likeness (QED) is 0.731. The van der Waals surface area contributed by atoms with Crippen molar-refractivity contribution in [3.05, 3.63) is 0 Å². The molecule has 2 fully saturated rings. The highest BCUT2D eigenvalue weighted by Gasteiger charge is 2.44. The molecule has 1 saturated carbocycles. The van der Waals surface area contributed by atoms with Gasteiger partial charge in [0.05, 0.1) is 17.6 Å². The number of rotatable bonds is 2. The lowest BCUT2D eigenvalue weighted by molar-refractivity contribution is -0.163. The molecule has 0 aromatic carbocycles. The molecule has 3 nitrogen and oxygen atoms in total. The normalized spacial score (nSPS) is 33.4. The largest absolute Gasteiger partial charge is 0.367 e. The zero-order chi connectivity index (χ0) is 14.3. The summed E-state index contributed by atoms with van der Waals surface area (Å²) in [5.74, 6) is 0.910. The molecular weight excluding hydrogens is 262 g/mol. The number of ether oxygens (including phenoxy) is 1. The van der Waals surface area contributed by atoms with Gasteiger partial charge in [0.25, 0.3) is 0 Å². The maximum atomic E-state index is 12.8. The summed E-state index contributed by atoms with van der Waals surface area (Å²) in [5.41, 5.74) is -0.161. The Bertz CT molecular complexity index is 354. The molecule has 2 atom stereocenters. The lowest BCUT2D eigenvalue weighted by Gasteiger charge is -2.44.